The van der Waals surface area contributed by atoms with Gasteiger partial charge in [0.05, 0.1) is 12.5 Å². The van der Waals surface area contributed by atoms with Crippen molar-refractivity contribution in [1.82, 2.24) is 16.0 Å². The molecular weight excluding hydrogens is 452 g/mol. The number of carbonyl (C=O) groups is 5. The van der Waals surface area contributed by atoms with Crippen molar-refractivity contribution in [3.8, 4) is 0 Å². The summed E-state index contributed by atoms with van der Waals surface area (Å²) in [7, 11) is 0. The van der Waals surface area contributed by atoms with Gasteiger partial charge >= 0.3 is 11.9 Å². The number of carboxylic acid groups (broad SMARTS) is 2. The summed E-state index contributed by atoms with van der Waals surface area (Å²) in [4.78, 5) is 60.5. The molecule has 1 rings (SSSR count). The number of benzene rings is 1. The largest absolute Gasteiger partial charge is 0.481 e. The molecule has 0 spiro atoms. The van der Waals surface area contributed by atoms with E-state index in [1.807, 2.05) is 0 Å². The molecule has 4 atom stereocenters. The number of aliphatic carboxylic acids is 2. The van der Waals surface area contributed by atoms with E-state index >= 15 is 0 Å². The van der Waals surface area contributed by atoms with E-state index in [0.717, 1.165) is 0 Å². The fourth-order valence-corrected chi connectivity index (χ4v) is 3.01. The molecule has 0 aliphatic rings. The van der Waals surface area contributed by atoms with Crippen molar-refractivity contribution in [3.05, 3.63) is 35.9 Å². The molecule has 1 aromatic carbocycles. The highest BCUT2D eigenvalue weighted by Crippen LogP contribution is 2.08. The average Bonchev–Trinajstić information content (AvgIpc) is 2.75. The normalized spacial score (nSPS) is 14.5. The maximum atomic E-state index is 12.9. The lowest BCUT2D eigenvalue weighted by Gasteiger charge is -2.25. The lowest BCUT2D eigenvalue weighted by molar-refractivity contribution is -0.144. The number of rotatable bonds is 13. The van der Waals surface area contributed by atoms with E-state index < -0.39 is 66.2 Å². The predicted octanol–water partition coefficient (Wildman–Crippen LogP) is -0.844. The summed E-state index contributed by atoms with van der Waals surface area (Å²) in [5.41, 5.74) is 6.24. The molecule has 0 heterocycles. The van der Waals surface area contributed by atoms with Gasteiger partial charge in [0.15, 0.2) is 0 Å². The van der Waals surface area contributed by atoms with Gasteiger partial charge in [0.2, 0.25) is 17.7 Å². The first-order valence-electron chi connectivity index (χ1n) is 10.2. The molecule has 0 aliphatic heterocycles. The Bertz CT molecular complexity index is 850. The van der Waals surface area contributed by atoms with Gasteiger partial charge in [-0.05, 0) is 11.5 Å². The van der Waals surface area contributed by atoms with Crippen molar-refractivity contribution >= 4 is 42.3 Å². The van der Waals surface area contributed by atoms with Gasteiger partial charge in [-0.15, -0.1) is 0 Å². The van der Waals surface area contributed by atoms with Crippen LogP contribution in [0.15, 0.2) is 30.3 Å². The quantitative estimate of drug-likeness (QED) is 0.177. The van der Waals surface area contributed by atoms with Crippen molar-refractivity contribution in [2.45, 2.75) is 50.9 Å². The van der Waals surface area contributed by atoms with Crippen LogP contribution in [0.2, 0.25) is 0 Å². The number of carboxylic acids is 2. The fraction of sp³-hybridized carbons (Fsp3) is 0.476. The first kappa shape index (κ1) is 27.9. The van der Waals surface area contributed by atoms with Crippen LogP contribution in [0, 0.1) is 5.92 Å². The van der Waals surface area contributed by atoms with Crippen LogP contribution < -0.4 is 21.7 Å². The number of hydrogen-bond donors (Lipinski definition) is 7. The van der Waals surface area contributed by atoms with E-state index in [0.29, 0.717) is 5.56 Å². The molecule has 33 heavy (non-hydrogen) atoms. The van der Waals surface area contributed by atoms with E-state index in [1.165, 1.54) is 0 Å². The van der Waals surface area contributed by atoms with Crippen LogP contribution in [0.3, 0.4) is 0 Å². The molecule has 0 fully saturated rings. The molecule has 0 saturated carbocycles. The van der Waals surface area contributed by atoms with Crippen LogP contribution in [0.25, 0.3) is 0 Å². The zero-order valence-corrected chi connectivity index (χ0v) is 19.2. The summed E-state index contributed by atoms with van der Waals surface area (Å²) in [6.07, 6.45) is -0.743. The molecule has 0 radical (unpaired) electrons. The molecule has 0 bridgehead atoms. The van der Waals surface area contributed by atoms with Gasteiger partial charge in [-0.3, -0.25) is 19.2 Å². The molecular formula is C21H30N4O7S. The van der Waals surface area contributed by atoms with Crippen LogP contribution in [0.1, 0.15) is 25.8 Å². The van der Waals surface area contributed by atoms with E-state index in [9.17, 15) is 29.1 Å². The summed E-state index contributed by atoms with van der Waals surface area (Å²) >= 11 is 3.90. The maximum Gasteiger partial charge on any atom is 0.326 e. The Labute approximate surface area is 196 Å². The lowest BCUT2D eigenvalue weighted by atomic mass is 10.0. The second kappa shape index (κ2) is 13.4. The monoisotopic (exact) mass is 482 g/mol. The minimum atomic E-state index is -1.51. The van der Waals surface area contributed by atoms with Crippen LogP contribution in [0.5, 0.6) is 0 Å². The van der Waals surface area contributed by atoms with Crippen LogP contribution in [-0.4, -0.2) is 69.8 Å². The SMILES string of the molecule is CC(C)C(NC(=O)C(Cc1ccccc1)NC(=O)C(CC(=O)O)NC(=O)C(N)CS)C(=O)O. The summed E-state index contributed by atoms with van der Waals surface area (Å²) in [6, 6.07) is 3.65. The summed E-state index contributed by atoms with van der Waals surface area (Å²) in [5.74, 6) is -5.52. The topological polar surface area (TPSA) is 188 Å². The van der Waals surface area contributed by atoms with Gasteiger partial charge in [0.1, 0.15) is 18.1 Å². The Hall–Kier alpha value is -3.12. The van der Waals surface area contributed by atoms with E-state index in [2.05, 4.69) is 28.6 Å². The van der Waals surface area contributed by atoms with Gasteiger partial charge in [-0.1, -0.05) is 44.2 Å². The predicted molar refractivity (Wildman–Crippen MR) is 122 cm³/mol. The molecule has 182 valence electrons. The third kappa shape index (κ3) is 9.49. The number of hydrogen-bond acceptors (Lipinski definition) is 7. The second-order valence-electron chi connectivity index (χ2n) is 7.77. The molecule has 0 aromatic heterocycles. The minimum absolute atomic E-state index is 0.00669. The number of nitrogens with two attached hydrogens (primary N) is 1. The van der Waals surface area contributed by atoms with Crippen molar-refractivity contribution in [3.63, 3.8) is 0 Å². The van der Waals surface area contributed by atoms with Crippen molar-refractivity contribution in [2.24, 2.45) is 11.7 Å². The zero-order valence-electron chi connectivity index (χ0n) is 18.4. The van der Waals surface area contributed by atoms with Crippen molar-refractivity contribution in [2.75, 3.05) is 5.75 Å². The van der Waals surface area contributed by atoms with E-state index in [1.54, 1.807) is 44.2 Å². The molecule has 7 N–H and O–H groups in total. The summed E-state index contributed by atoms with van der Waals surface area (Å²) < 4.78 is 0. The number of thiol groups is 1. The number of carbonyl (C=O) groups excluding carboxylic acids is 3. The Morgan fingerprint density at radius 2 is 1.45 bits per heavy atom. The molecule has 4 unspecified atom stereocenters. The first-order valence-corrected chi connectivity index (χ1v) is 10.9. The molecule has 3 amide bonds. The lowest BCUT2D eigenvalue weighted by Crippen LogP contribution is -2.58. The highest BCUT2D eigenvalue weighted by Gasteiger charge is 2.32. The molecule has 0 saturated heterocycles. The summed E-state index contributed by atoms with van der Waals surface area (Å²) in [5, 5.41) is 25.6. The van der Waals surface area contributed by atoms with Gasteiger partial charge in [-0.2, -0.15) is 12.6 Å². The molecule has 11 nitrogen and oxygen atoms in total. The molecule has 1 aromatic rings. The van der Waals surface area contributed by atoms with Crippen LogP contribution in [-0.2, 0) is 30.4 Å². The molecule has 0 aliphatic carbocycles. The standard InChI is InChI=1S/C21H30N4O7S/c1-11(2)17(21(31)32)25-20(30)14(8-12-6-4-3-5-7-12)24-19(29)15(9-16(26)27)23-18(28)13(22)10-33/h3-7,11,13-15,17,33H,8-10,22H2,1-2H3,(H,23,28)(H,24,29)(H,25,30)(H,26,27)(H,31,32). The Morgan fingerprint density at radius 3 is 1.94 bits per heavy atom. The third-order valence-electron chi connectivity index (χ3n) is 4.69. The number of amides is 3. The van der Waals surface area contributed by atoms with Gasteiger partial charge in [0, 0.05) is 12.2 Å². The highest BCUT2D eigenvalue weighted by molar-refractivity contribution is 7.80. The summed E-state index contributed by atoms with van der Waals surface area (Å²) in [6.45, 7) is 3.24. The maximum absolute atomic E-state index is 12.9. The fourth-order valence-electron chi connectivity index (χ4n) is 2.84. The smallest absolute Gasteiger partial charge is 0.326 e. The Balaban J connectivity index is 3.12. The van der Waals surface area contributed by atoms with Gasteiger partial charge < -0.3 is 31.9 Å². The second-order valence-corrected chi connectivity index (χ2v) is 8.13. The van der Waals surface area contributed by atoms with Gasteiger partial charge in [0.25, 0.3) is 0 Å². The van der Waals surface area contributed by atoms with Crippen molar-refractivity contribution in [1.29, 1.82) is 0 Å². The Kier molecular flexibility index (Phi) is 11.4. The van der Waals surface area contributed by atoms with E-state index in [4.69, 9.17) is 10.8 Å². The van der Waals surface area contributed by atoms with Gasteiger partial charge in [-0.25, -0.2) is 4.79 Å². The van der Waals surface area contributed by atoms with Crippen molar-refractivity contribution < 1.29 is 34.2 Å². The minimum Gasteiger partial charge on any atom is -0.481 e. The van der Waals surface area contributed by atoms with Crippen LogP contribution in [0.4, 0.5) is 0 Å². The average molecular weight is 483 g/mol. The Morgan fingerprint density at radius 1 is 0.909 bits per heavy atom. The highest BCUT2D eigenvalue weighted by atomic mass is 32.1. The van der Waals surface area contributed by atoms with Crippen LogP contribution >= 0.6 is 12.6 Å². The first-order chi connectivity index (χ1) is 15.5. The molecule has 12 heteroatoms. The number of nitrogens with one attached hydrogen (secondary N) is 3. The third-order valence-corrected chi connectivity index (χ3v) is 5.08. The van der Waals surface area contributed by atoms with E-state index in [-0.39, 0.29) is 12.2 Å². The zero-order chi connectivity index (χ0) is 25.1.